The maximum Gasteiger partial charge on any atom is 0.159 e. The van der Waals surface area contributed by atoms with Crippen molar-refractivity contribution in [2.24, 2.45) is 0 Å². The van der Waals surface area contributed by atoms with Crippen LogP contribution >= 0.6 is 22.6 Å². The van der Waals surface area contributed by atoms with Crippen LogP contribution in [0.15, 0.2) is 18.2 Å². The van der Waals surface area contributed by atoms with E-state index in [1.165, 1.54) is 11.1 Å². The van der Waals surface area contributed by atoms with Crippen molar-refractivity contribution in [2.75, 3.05) is 0 Å². The van der Waals surface area contributed by atoms with Crippen molar-refractivity contribution >= 4 is 28.4 Å². The van der Waals surface area contributed by atoms with E-state index in [0.717, 1.165) is 22.3 Å². The lowest BCUT2D eigenvalue weighted by atomic mass is 10.0. The van der Waals surface area contributed by atoms with E-state index in [0.29, 0.717) is 0 Å². The molecule has 0 heterocycles. The molecule has 0 saturated heterocycles. The van der Waals surface area contributed by atoms with Gasteiger partial charge in [0.25, 0.3) is 0 Å². The number of alkyl halides is 1. The number of carbonyl (C=O) groups excluding carboxylic acids is 1. The summed E-state index contributed by atoms with van der Waals surface area (Å²) in [5, 5.41) is 0. The molecule has 2 rings (SSSR count). The van der Waals surface area contributed by atoms with Gasteiger partial charge in [-0.3, -0.25) is 4.79 Å². The van der Waals surface area contributed by atoms with E-state index in [1.54, 1.807) is 6.92 Å². The van der Waals surface area contributed by atoms with Crippen LogP contribution in [-0.2, 0) is 12.8 Å². The third kappa shape index (κ3) is 1.77. The van der Waals surface area contributed by atoms with Gasteiger partial charge in [0.1, 0.15) is 0 Å². The molecule has 68 valence electrons. The first-order valence-corrected chi connectivity index (χ1v) is 5.68. The van der Waals surface area contributed by atoms with Gasteiger partial charge in [0, 0.05) is 9.49 Å². The minimum Gasteiger partial charge on any atom is -0.295 e. The van der Waals surface area contributed by atoms with Crippen LogP contribution in [0.5, 0.6) is 0 Å². The Morgan fingerprint density at radius 1 is 1.38 bits per heavy atom. The normalized spacial score (nSPS) is 20.0. The molecule has 0 N–H and O–H groups in total. The zero-order valence-corrected chi connectivity index (χ0v) is 9.67. The van der Waals surface area contributed by atoms with E-state index >= 15 is 0 Å². The van der Waals surface area contributed by atoms with Crippen LogP contribution in [0.3, 0.4) is 0 Å². The highest BCUT2D eigenvalue weighted by atomic mass is 127. The minimum absolute atomic E-state index is 0.166. The van der Waals surface area contributed by atoms with Crippen molar-refractivity contribution in [2.45, 2.75) is 23.7 Å². The molecule has 1 atom stereocenters. The molecule has 1 aromatic carbocycles. The highest BCUT2D eigenvalue weighted by Crippen LogP contribution is 2.27. The number of ketones is 1. The third-order valence-corrected chi connectivity index (χ3v) is 3.38. The lowest BCUT2D eigenvalue weighted by Gasteiger charge is -2.00. The maximum absolute atomic E-state index is 11.1. The highest BCUT2D eigenvalue weighted by molar-refractivity contribution is 14.1. The Kier molecular flexibility index (Phi) is 2.41. The van der Waals surface area contributed by atoms with E-state index < -0.39 is 0 Å². The minimum atomic E-state index is 0.166. The fourth-order valence-corrected chi connectivity index (χ4v) is 2.73. The average Bonchev–Trinajstić information content (AvgIpc) is 2.42. The third-order valence-electron chi connectivity index (χ3n) is 2.50. The molecule has 0 bridgehead atoms. The average molecular weight is 286 g/mol. The quantitative estimate of drug-likeness (QED) is 0.441. The first-order valence-electron chi connectivity index (χ1n) is 4.43. The summed E-state index contributed by atoms with van der Waals surface area (Å²) in [5.41, 5.74) is 3.64. The van der Waals surface area contributed by atoms with E-state index in [-0.39, 0.29) is 5.78 Å². The van der Waals surface area contributed by atoms with Crippen LogP contribution in [0, 0.1) is 0 Å². The van der Waals surface area contributed by atoms with E-state index in [4.69, 9.17) is 0 Å². The molecular formula is C11H11IO. The number of rotatable bonds is 1. The van der Waals surface area contributed by atoms with Gasteiger partial charge < -0.3 is 0 Å². The SMILES string of the molecule is CC(=O)c1ccc2c(c1)CC(I)C2. The van der Waals surface area contributed by atoms with E-state index in [1.807, 2.05) is 6.07 Å². The summed E-state index contributed by atoms with van der Waals surface area (Å²) in [6.07, 6.45) is 2.28. The molecule has 0 spiro atoms. The predicted octanol–water partition coefficient (Wildman–Crippen LogP) is 2.79. The largest absolute Gasteiger partial charge is 0.295 e. The van der Waals surface area contributed by atoms with Crippen LogP contribution < -0.4 is 0 Å². The van der Waals surface area contributed by atoms with Crippen LogP contribution in [0.25, 0.3) is 0 Å². The summed E-state index contributed by atoms with van der Waals surface area (Å²) in [4.78, 5) is 11.1. The second-order valence-electron chi connectivity index (χ2n) is 3.55. The van der Waals surface area contributed by atoms with Gasteiger partial charge in [-0.25, -0.2) is 0 Å². The maximum atomic E-state index is 11.1. The topological polar surface area (TPSA) is 17.1 Å². The number of carbonyl (C=O) groups is 1. The molecule has 1 unspecified atom stereocenters. The standard InChI is InChI=1S/C11H11IO/c1-7(13)8-2-3-9-5-11(12)6-10(9)4-8/h2-4,11H,5-6H2,1H3. The first kappa shape index (κ1) is 9.19. The molecular weight excluding hydrogens is 275 g/mol. The molecule has 0 aromatic heterocycles. The van der Waals surface area contributed by atoms with Gasteiger partial charge in [-0.05, 0) is 37.0 Å². The van der Waals surface area contributed by atoms with Gasteiger partial charge in [-0.2, -0.15) is 0 Å². The number of hydrogen-bond acceptors (Lipinski definition) is 1. The van der Waals surface area contributed by atoms with Gasteiger partial charge in [0.2, 0.25) is 0 Å². The first-order chi connectivity index (χ1) is 6.16. The van der Waals surface area contributed by atoms with Gasteiger partial charge >= 0.3 is 0 Å². The van der Waals surface area contributed by atoms with E-state index in [9.17, 15) is 4.79 Å². The Hall–Kier alpha value is -0.380. The predicted molar refractivity (Wildman–Crippen MR) is 61.7 cm³/mol. The summed E-state index contributed by atoms with van der Waals surface area (Å²) in [6.45, 7) is 1.62. The van der Waals surface area contributed by atoms with Gasteiger partial charge in [0.05, 0.1) is 0 Å². The molecule has 1 aromatic rings. The molecule has 13 heavy (non-hydrogen) atoms. The van der Waals surface area contributed by atoms with Crippen molar-refractivity contribution < 1.29 is 4.79 Å². The molecule has 1 nitrogen and oxygen atoms in total. The summed E-state index contributed by atoms with van der Waals surface area (Å²) in [7, 11) is 0. The van der Waals surface area contributed by atoms with Crippen LogP contribution in [0.2, 0.25) is 0 Å². The molecule has 0 radical (unpaired) electrons. The monoisotopic (exact) mass is 286 g/mol. The van der Waals surface area contributed by atoms with Crippen molar-refractivity contribution in [3.05, 3.63) is 34.9 Å². The molecule has 0 saturated carbocycles. The van der Waals surface area contributed by atoms with Gasteiger partial charge in [0.15, 0.2) is 5.78 Å². The van der Waals surface area contributed by atoms with Gasteiger partial charge in [-0.15, -0.1) is 0 Å². The lowest BCUT2D eigenvalue weighted by molar-refractivity contribution is 0.101. The zero-order valence-electron chi connectivity index (χ0n) is 7.51. The molecule has 1 aliphatic carbocycles. The zero-order chi connectivity index (χ0) is 9.42. The second-order valence-corrected chi connectivity index (χ2v) is 5.31. The van der Waals surface area contributed by atoms with Crippen LogP contribution in [0.1, 0.15) is 28.4 Å². The van der Waals surface area contributed by atoms with Crippen molar-refractivity contribution in [1.82, 2.24) is 0 Å². The van der Waals surface area contributed by atoms with Crippen molar-refractivity contribution in [3.63, 3.8) is 0 Å². The fraction of sp³-hybridized carbons (Fsp3) is 0.364. The van der Waals surface area contributed by atoms with Crippen LogP contribution in [0.4, 0.5) is 0 Å². The molecule has 0 aliphatic heterocycles. The number of Topliss-reactive ketones (excluding diaryl/α,β-unsaturated/α-hetero) is 1. The number of halogens is 1. The Bertz CT molecular complexity index is 357. The highest BCUT2D eigenvalue weighted by Gasteiger charge is 2.19. The van der Waals surface area contributed by atoms with Crippen molar-refractivity contribution in [3.8, 4) is 0 Å². The number of benzene rings is 1. The van der Waals surface area contributed by atoms with E-state index in [2.05, 4.69) is 34.7 Å². The molecule has 2 heteroatoms. The number of hydrogen-bond donors (Lipinski definition) is 0. The number of fused-ring (bicyclic) bond motifs is 1. The fourth-order valence-electron chi connectivity index (χ4n) is 1.78. The summed E-state index contributed by atoms with van der Waals surface area (Å²) in [6, 6.07) is 6.09. The van der Waals surface area contributed by atoms with Crippen molar-refractivity contribution in [1.29, 1.82) is 0 Å². The Balaban J connectivity index is 2.40. The molecule has 0 amide bonds. The lowest BCUT2D eigenvalue weighted by Crippen LogP contribution is -1.94. The Morgan fingerprint density at radius 3 is 2.77 bits per heavy atom. The van der Waals surface area contributed by atoms with Gasteiger partial charge in [-0.1, -0.05) is 34.7 Å². The summed E-state index contributed by atoms with van der Waals surface area (Å²) >= 11 is 2.47. The molecule has 0 fully saturated rings. The second kappa shape index (κ2) is 3.40. The molecule has 1 aliphatic rings. The Morgan fingerprint density at radius 2 is 2.08 bits per heavy atom. The Labute approximate surface area is 91.7 Å². The summed E-state index contributed by atoms with van der Waals surface area (Å²) < 4.78 is 0.717. The summed E-state index contributed by atoms with van der Waals surface area (Å²) in [5.74, 6) is 0.166. The van der Waals surface area contributed by atoms with Crippen LogP contribution in [-0.4, -0.2) is 9.71 Å². The smallest absolute Gasteiger partial charge is 0.159 e.